The second kappa shape index (κ2) is 4.71. The Balaban J connectivity index is 2.17. The van der Waals surface area contributed by atoms with Gasteiger partial charge in [-0.05, 0) is 28.4 Å². The zero-order valence-corrected chi connectivity index (χ0v) is 11.2. The van der Waals surface area contributed by atoms with Crippen molar-refractivity contribution in [1.82, 2.24) is 4.98 Å². The highest BCUT2D eigenvalue weighted by atomic mass is 79.9. The van der Waals surface area contributed by atoms with Gasteiger partial charge in [0, 0.05) is 23.8 Å². The second-order valence-electron chi connectivity index (χ2n) is 3.85. The van der Waals surface area contributed by atoms with E-state index in [0.717, 1.165) is 16.7 Å². The monoisotopic (exact) mass is 304 g/mol. The molecule has 0 amide bonds. The molecule has 0 saturated carbocycles. The molecule has 0 spiro atoms. The maximum atomic E-state index is 11.5. The Bertz CT molecular complexity index is 475. The van der Waals surface area contributed by atoms with E-state index in [2.05, 4.69) is 25.8 Å². The number of sulfone groups is 1. The van der Waals surface area contributed by atoms with Crippen molar-refractivity contribution in [3.05, 3.63) is 22.9 Å². The van der Waals surface area contributed by atoms with Crippen LogP contribution in [0.4, 0.5) is 5.69 Å². The van der Waals surface area contributed by atoms with E-state index in [4.69, 9.17) is 0 Å². The van der Waals surface area contributed by atoms with Gasteiger partial charge in [-0.15, -0.1) is 0 Å². The molecule has 16 heavy (non-hydrogen) atoms. The fourth-order valence-corrected chi connectivity index (χ4v) is 3.39. The third-order valence-electron chi connectivity index (χ3n) is 2.61. The van der Waals surface area contributed by atoms with Crippen molar-refractivity contribution in [3.8, 4) is 0 Å². The molecule has 0 radical (unpaired) electrons. The highest BCUT2D eigenvalue weighted by Gasteiger charge is 2.19. The van der Waals surface area contributed by atoms with E-state index in [1.165, 1.54) is 0 Å². The van der Waals surface area contributed by atoms with Gasteiger partial charge in [0.25, 0.3) is 0 Å². The Labute approximate surface area is 104 Å². The van der Waals surface area contributed by atoms with E-state index in [-0.39, 0.29) is 5.75 Å². The van der Waals surface area contributed by atoms with Crippen LogP contribution in [-0.4, -0.2) is 38.0 Å². The highest BCUT2D eigenvalue weighted by Crippen LogP contribution is 2.20. The van der Waals surface area contributed by atoms with Gasteiger partial charge in [-0.1, -0.05) is 0 Å². The molecule has 2 heterocycles. The lowest BCUT2D eigenvalue weighted by Crippen LogP contribution is -2.26. The standard InChI is InChI=1S/C10H13BrN2O2S/c11-9-6-10(8-12-7-9)13-2-1-4-16(14,15)5-3-13/h6-8H,1-5H2. The van der Waals surface area contributed by atoms with Crippen molar-refractivity contribution in [3.63, 3.8) is 0 Å². The van der Waals surface area contributed by atoms with Crippen molar-refractivity contribution in [2.24, 2.45) is 0 Å². The van der Waals surface area contributed by atoms with Crippen LogP contribution in [-0.2, 0) is 9.84 Å². The number of anilines is 1. The van der Waals surface area contributed by atoms with Gasteiger partial charge in [0.15, 0.2) is 9.84 Å². The van der Waals surface area contributed by atoms with Gasteiger partial charge < -0.3 is 4.90 Å². The van der Waals surface area contributed by atoms with Gasteiger partial charge in [-0.3, -0.25) is 4.98 Å². The summed E-state index contributed by atoms with van der Waals surface area (Å²) < 4.78 is 23.8. The van der Waals surface area contributed by atoms with Crippen molar-refractivity contribution in [2.75, 3.05) is 29.5 Å². The number of rotatable bonds is 1. The molecule has 0 bridgehead atoms. The normalized spacial score (nSPS) is 20.4. The number of hydrogen-bond donors (Lipinski definition) is 0. The third kappa shape index (κ3) is 2.95. The van der Waals surface area contributed by atoms with Crippen LogP contribution in [0.3, 0.4) is 0 Å². The molecule has 0 atom stereocenters. The minimum Gasteiger partial charge on any atom is -0.369 e. The van der Waals surface area contributed by atoms with Gasteiger partial charge in [-0.25, -0.2) is 8.42 Å². The van der Waals surface area contributed by atoms with E-state index in [0.29, 0.717) is 18.7 Å². The molecule has 1 aliphatic rings. The molecule has 1 fully saturated rings. The van der Waals surface area contributed by atoms with Crippen LogP contribution in [0.1, 0.15) is 6.42 Å². The summed E-state index contributed by atoms with van der Waals surface area (Å²) in [6.07, 6.45) is 4.18. The number of hydrogen-bond acceptors (Lipinski definition) is 4. The summed E-state index contributed by atoms with van der Waals surface area (Å²) in [6.45, 7) is 1.33. The van der Waals surface area contributed by atoms with Gasteiger partial charge in [0.1, 0.15) is 0 Å². The quantitative estimate of drug-likeness (QED) is 0.788. The maximum Gasteiger partial charge on any atom is 0.152 e. The minimum absolute atomic E-state index is 0.236. The Hall–Kier alpha value is -0.620. The predicted molar refractivity (Wildman–Crippen MR) is 67.4 cm³/mol. The minimum atomic E-state index is -2.84. The Kier molecular flexibility index (Phi) is 3.49. The van der Waals surface area contributed by atoms with E-state index < -0.39 is 9.84 Å². The Morgan fingerprint density at radius 3 is 2.81 bits per heavy atom. The second-order valence-corrected chi connectivity index (χ2v) is 7.07. The molecule has 0 N–H and O–H groups in total. The zero-order valence-electron chi connectivity index (χ0n) is 8.76. The summed E-state index contributed by atoms with van der Waals surface area (Å²) in [6, 6.07) is 1.96. The van der Waals surface area contributed by atoms with E-state index in [9.17, 15) is 8.42 Å². The van der Waals surface area contributed by atoms with Crippen LogP contribution in [0.2, 0.25) is 0 Å². The number of nitrogens with zero attached hydrogens (tertiary/aromatic N) is 2. The first-order chi connectivity index (χ1) is 7.57. The molecule has 0 aliphatic carbocycles. The van der Waals surface area contributed by atoms with E-state index >= 15 is 0 Å². The molecule has 1 aliphatic heterocycles. The molecule has 88 valence electrons. The molecular formula is C10H13BrN2O2S. The van der Waals surface area contributed by atoms with Crippen molar-refractivity contribution >= 4 is 31.5 Å². The zero-order chi connectivity index (χ0) is 11.6. The molecule has 1 aromatic heterocycles. The molecule has 0 unspecified atom stereocenters. The molecular weight excluding hydrogens is 292 g/mol. The van der Waals surface area contributed by atoms with E-state index in [1.807, 2.05) is 6.07 Å². The molecule has 4 nitrogen and oxygen atoms in total. The summed E-state index contributed by atoms with van der Waals surface area (Å²) in [4.78, 5) is 6.16. The number of pyridine rings is 1. The molecule has 0 aromatic carbocycles. The topological polar surface area (TPSA) is 50.3 Å². The average Bonchev–Trinajstić information content (AvgIpc) is 2.39. The summed E-state index contributed by atoms with van der Waals surface area (Å²) in [5, 5.41) is 0. The SMILES string of the molecule is O=S1(=O)CCCN(c2cncc(Br)c2)CC1. The lowest BCUT2D eigenvalue weighted by Gasteiger charge is -2.21. The lowest BCUT2D eigenvalue weighted by atomic mass is 10.3. The first-order valence-electron chi connectivity index (χ1n) is 5.13. The fourth-order valence-electron chi connectivity index (χ4n) is 1.77. The Morgan fingerprint density at radius 2 is 2.06 bits per heavy atom. The van der Waals surface area contributed by atoms with Crippen molar-refractivity contribution in [1.29, 1.82) is 0 Å². The average molecular weight is 305 g/mol. The molecule has 2 rings (SSSR count). The van der Waals surface area contributed by atoms with Gasteiger partial charge in [-0.2, -0.15) is 0 Å². The Morgan fingerprint density at radius 1 is 1.25 bits per heavy atom. The first-order valence-corrected chi connectivity index (χ1v) is 7.74. The number of halogens is 1. The summed E-state index contributed by atoms with van der Waals surface area (Å²) >= 11 is 3.36. The predicted octanol–water partition coefficient (Wildman–Crippen LogP) is 1.47. The van der Waals surface area contributed by atoms with Crippen LogP contribution in [0.25, 0.3) is 0 Å². The van der Waals surface area contributed by atoms with Gasteiger partial charge >= 0.3 is 0 Å². The molecule has 1 aromatic rings. The van der Waals surface area contributed by atoms with Crippen LogP contribution in [0, 0.1) is 0 Å². The van der Waals surface area contributed by atoms with Gasteiger partial charge in [0.05, 0.1) is 23.4 Å². The van der Waals surface area contributed by atoms with Crippen LogP contribution in [0.5, 0.6) is 0 Å². The maximum absolute atomic E-state index is 11.5. The first kappa shape index (κ1) is 11.9. The van der Waals surface area contributed by atoms with Gasteiger partial charge in [0.2, 0.25) is 0 Å². The summed E-state index contributed by atoms with van der Waals surface area (Å²) in [5.41, 5.74) is 0.978. The van der Waals surface area contributed by atoms with E-state index in [1.54, 1.807) is 12.4 Å². The third-order valence-corrected chi connectivity index (χ3v) is 4.76. The highest BCUT2D eigenvalue weighted by molar-refractivity contribution is 9.10. The van der Waals surface area contributed by atoms with Crippen LogP contribution < -0.4 is 4.90 Å². The van der Waals surface area contributed by atoms with Crippen molar-refractivity contribution in [2.45, 2.75) is 6.42 Å². The summed E-state index contributed by atoms with van der Waals surface area (Å²) in [7, 11) is -2.84. The fraction of sp³-hybridized carbons (Fsp3) is 0.500. The molecule has 6 heteroatoms. The summed E-state index contributed by atoms with van der Waals surface area (Å²) in [5.74, 6) is 0.532. The smallest absolute Gasteiger partial charge is 0.152 e. The van der Waals surface area contributed by atoms with Crippen molar-refractivity contribution < 1.29 is 8.42 Å². The molecule has 1 saturated heterocycles. The lowest BCUT2D eigenvalue weighted by molar-refractivity contribution is 0.597. The largest absolute Gasteiger partial charge is 0.369 e. The van der Waals surface area contributed by atoms with Crippen LogP contribution in [0.15, 0.2) is 22.9 Å². The number of aromatic nitrogens is 1. The van der Waals surface area contributed by atoms with Crippen LogP contribution >= 0.6 is 15.9 Å².